The molecule has 0 aliphatic carbocycles. The smallest absolute Gasteiger partial charge is 0.238 e. The van der Waals surface area contributed by atoms with Gasteiger partial charge in [0.1, 0.15) is 5.75 Å². The van der Waals surface area contributed by atoms with Crippen LogP contribution >= 0.6 is 0 Å². The van der Waals surface area contributed by atoms with E-state index in [4.69, 9.17) is 4.74 Å². The number of ether oxygens (including phenoxy) is 1. The first kappa shape index (κ1) is 9.71. The summed E-state index contributed by atoms with van der Waals surface area (Å²) in [5.74, 6) is 0.279. The number of anilines is 1. The van der Waals surface area contributed by atoms with Crippen LogP contribution in [0.4, 0.5) is 5.69 Å². The summed E-state index contributed by atoms with van der Waals surface area (Å²) < 4.78 is 5.06. The molecule has 4 nitrogen and oxygen atoms in total. The summed E-state index contributed by atoms with van der Waals surface area (Å²) in [6, 6.07) is 5.27. The summed E-state index contributed by atoms with van der Waals surface area (Å²) in [6.45, 7) is 1.39. The van der Waals surface area contributed by atoms with E-state index < -0.39 is 0 Å². The lowest BCUT2D eigenvalue weighted by Crippen LogP contribution is -2.31. The van der Waals surface area contributed by atoms with Crippen LogP contribution in [0.2, 0.25) is 0 Å². The van der Waals surface area contributed by atoms with Crippen LogP contribution < -0.4 is 9.64 Å². The van der Waals surface area contributed by atoms with E-state index in [1.165, 1.54) is 11.8 Å². The maximum Gasteiger partial charge on any atom is 0.238 e. The number of hydrogen-bond donors (Lipinski definition) is 0. The zero-order chi connectivity index (χ0) is 11.0. The number of amides is 2. The van der Waals surface area contributed by atoms with Gasteiger partial charge in [-0.15, -0.1) is 0 Å². The first-order valence-electron chi connectivity index (χ1n) is 4.64. The van der Waals surface area contributed by atoms with Crippen LogP contribution in [0.5, 0.6) is 5.75 Å². The molecule has 0 saturated heterocycles. The molecule has 2 amide bonds. The SMILES string of the molecule is COc1ccc2c(c1)CC(=O)N2C(C)=O. The van der Waals surface area contributed by atoms with Crippen molar-refractivity contribution in [1.29, 1.82) is 0 Å². The largest absolute Gasteiger partial charge is 0.497 e. The summed E-state index contributed by atoms with van der Waals surface area (Å²) in [7, 11) is 1.57. The quantitative estimate of drug-likeness (QED) is 0.690. The Balaban J connectivity index is 2.47. The maximum atomic E-state index is 11.5. The third-order valence-electron chi connectivity index (χ3n) is 2.43. The molecule has 78 valence electrons. The number of benzene rings is 1. The zero-order valence-electron chi connectivity index (χ0n) is 8.61. The Morgan fingerprint density at radius 3 is 2.80 bits per heavy atom. The number of hydrogen-bond acceptors (Lipinski definition) is 3. The van der Waals surface area contributed by atoms with Gasteiger partial charge in [0.2, 0.25) is 11.8 Å². The van der Waals surface area contributed by atoms with E-state index >= 15 is 0 Å². The van der Waals surface area contributed by atoms with Crippen molar-refractivity contribution in [3.8, 4) is 5.75 Å². The van der Waals surface area contributed by atoms with Crippen molar-refractivity contribution in [2.75, 3.05) is 12.0 Å². The van der Waals surface area contributed by atoms with Crippen LogP contribution in [0, 0.1) is 0 Å². The lowest BCUT2D eigenvalue weighted by Gasteiger charge is -2.12. The van der Waals surface area contributed by atoms with Gasteiger partial charge in [0.15, 0.2) is 0 Å². The number of carbonyl (C=O) groups excluding carboxylic acids is 2. The van der Waals surface area contributed by atoms with Gasteiger partial charge < -0.3 is 4.74 Å². The Labute approximate surface area is 87.4 Å². The van der Waals surface area contributed by atoms with Gasteiger partial charge in [-0.3, -0.25) is 14.5 Å². The Morgan fingerprint density at radius 1 is 1.47 bits per heavy atom. The molecule has 0 bridgehead atoms. The van der Waals surface area contributed by atoms with Crippen LogP contribution in [0.25, 0.3) is 0 Å². The van der Waals surface area contributed by atoms with Crippen LogP contribution in [0.3, 0.4) is 0 Å². The van der Waals surface area contributed by atoms with Gasteiger partial charge in [-0.25, -0.2) is 0 Å². The molecule has 1 aromatic carbocycles. The third kappa shape index (κ3) is 1.48. The minimum atomic E-state index is -0.246. The molecule has 1 aliphatic heterocycles. The van der Waals surface area contributed by atoms with Crippen molar-refractivity contribution in [1.82, 2.24) is 0 Å². The second-order valence-corrected chi connectivity index (χ2v) is 3.42. The second kappa shape index (κ2) is 3.38. The van der Waals surface area contributed by atoms with Gasteiger partial charge in [0.05, 0.1) is 19.2 Å². The maximum absolute atomic E-state index is 11.5. The topological polar surface area (TPSA) is 46.6 Å². The van der Waals surface area contributed by atoms with E-state index in [9.17, 15) is 9.59 Å². The van der Waals surface area contributed by atoms with Gasteiger partial charge in [-0.05, 0) is 23.8 Å². The Morgan fingerprint density at radius 2 is 2.20 bits per heavy atom. The molecule has 1 aliphatic rings. The average molecular weight is 205 g/mol. The molecule has 0 aromatic heterocycles. The predicted molar refractivity (Wildman–Crippen MR) is 54.9 cm³/mol. The van der Waals surface area contributed by atoms with Crippen LogP contribution in [0.15, 0.2) is 18.2 Å². The molecule has 1 heterocycles. The van der Waals surface area contributed by atoms with E-state index in [1.807, 2.05) is 0 Å². The van der Waals surface area contributed by atoms with Crippen molar-refractivity contribution in [2.24, 2.45) is 0 Å². The Bertz CT molecular complexity index is 439. The van der Waals surface area contributed by atoms with E-state index in [1.54, 1.807) is 25.3 Å². The second-order valence-electron chi connectivity index (χ2n) is 3.42. The number of rotatable bonds is 1. The normalized spacial score (nSPS) is 14.0. The van der Waals surface area contributed by atoms with Crippen LogP contribution in [0.1, 0.15) is 12.5 Å². The van der Waals surface area contributed by atoms with Crippen molar-refractivity contribution in [3.63, 3.8) is 0 Å². The minimum absolute atomic E-state index is 0.175. The van der Waals surface area contributed by atoms with E-state index in [0.717, 1.165) is 5.56 Å². The number of carbonyl (C=O) groups is 2. The van der Waals surface area contributed by atoms with E-state index in [0.29, 0.717) is 11.4 Å². The minimum Gasteiger partial charge on any atom is -0.497 e. The van der Waals surface area contributed by atoms with Gasteiger partial charge in [-0.2, -0.15) is 0 Å². The highest BCUT2D eigenvalue weighted by atomic mass is 16.5. The molecule has 0 atom stereocenters. The highest BCUT2D eigenvalue weighted by Crippen LogP contribution is 2.31. The standard InChI is InChI=1S/C11H11NO3/c1-7(13)12-10-4-3-9(15-2)5-8(10)6-11(12)14/h3-5H,6H2,1-2H3. The molecule has 4 heteroatoms. The average Bonchev–Trinajstić information content (AvgIpc) is 2.52. The zero-order valence-corrected chi connectivity index (χ0v) is 8.61. The molecule has 0 spiro atoms. The monoisotopic (exact) mass is 205 g/mol. The third-order valence-corrected chi connectivity index (χ3v) is 2.43. The van der Waals surface area contributed by atoms with Gasteiger partial charge >= 0.3 is 0 Å². The summed E-state index contributed by atoms with van der Waals surface area (Å²) in [4.78, 5) is 24.0. The highest BCUT2D eigenvalue weighted by Gasteiger charge is 2.30. The van der Waals surface area contributed by atoms with Crippen molar-refractivity contribution in [3.05, 3.63) is 23.8 Å². The molecule has 0 fully saturated rings. The fourth-order valence-corrected chi connectivity index (χ4v) is 1.77. The molecule has 2 rings (SSSR count). The Kier molecular flexibility index (Phi) is 2.19. The number of fused-ring (bicyclic) bond motifs is 1. The summed E-state index contributed by atoms with van der Waals surface area (Å²) in [5.41, 5.74) is 1.52. The van der Waals surface area contributed by atoms with Crippen molar-refractivity contribution in [2.45, 2.75) is 13.3 Å². The molecule has 1 aromatic rings. The molecule has 0 N–H and O–H groups in total. The number of nitrogens with zero attached hydrogens (tertiary/aromatic N) is 1. The van der Waals surface area contributed by atoms with Crippen molar-refractivity contribution < 1.29 is 14.3 Å². The number of imide groups is 1. The lowest BCUT2D eigenvalue weighted by molar-refractivity contribution is -0.124. The summed E-state index contributed by atoms with van der Waals surface area (Å²) in [5, 5.41) is 0. The van der Waals surface area contributed by atoms with Crippen molar-refractivity contribution >= 4 is 17.5 Å². The first-order valence-corrected chi connectivity index (χ1v) is 4.64. The van der Waals surface area contributed by atoms with Gasteiger partial charge in [0.25, 0.3) is 0 Å². The molecular formula is C11H11NO3. The lowest BCUT2D eigenvalue weighted by atomic mass is 10.1. The Hall–Kier alpha value is -1.84. The highest BCUT2D eigenvalue weighted by molar-refractivity contribution is 6.18. The fourth-order valence-electron chi connectivity index (χ4n) is 1.77. The fraction of sp³-hybridized carbons (Fsp3) is 0.273. The molecular weight excluding hydrogens is 194 g/mol. The van der Waals surface area contributed by atoms with Gasteiger partial charge in [-0.1, -0.05) is 0 Å². The molecule has 0 unspecified atom stereocenters. The summed E-state index contributed by atoms with van der Waals surface area (Å²) >= 11 is 0. The summed E-state index contributed by atoms with van der Waals surface area (Å²) in [6.07, 6.45) is 0.270. The number of methoxy groups -OCH3 is 1. The predicted octanol–water partition coefficient (Wildman–Crippen LogP) is 1.13. The van der Waals surface area contributed by atoms with E-state index in [2.05, 4.69) is 0 Å². The van der Waals surface area contributed by atoms with Gasteiger partial charge in [0, 0.05) is 6.92 Å². The molecule has 0 saturated carbocycles. The molecule has 0 radical (unpaired) electrons. The molecule has 15 heavy (non-hydrogen) atoms. The van der Waals surface area contributed by atoms with Crippen LogP contribution in [-0.4, -0.2) is 18.9 Å². The van der Waals surface area contributed by atoms with Crippen LogP contribution in [-0.2, 0) is 16.0 Å². The first-order chi connectivity index (χ1) is 7.13. The van der Waals surface area contributed by atoms with E-state index in [-0.39, 0.29) is 18.2 Å².